The molecule has 1 saturated heterocycles. The number of ether oxygens (including phenoxy) is 1. The van der Waals surface area contributed by atoms with E-state index in [4.69, 9.17) is 9.84 Å². The molecule has 2 rings (SSSR count). The molecule has 0 aliphatic carbocycles. The van der Waals surface area contributed by atoms with Gasteiger partial charge in [0.15, 0.2) is 0 Å². The lowest BCUT2D eigenvalue weighted by Gasteiger charge is -2.14. The Morgan fingerprint density at radius 3 is 2.84 bits per heavy atom. The van der Waals surface area contributed by atoms with Crippen molar-refractivity contribution < 1.29 is 24.4 Å². The maximum atomic E-state index is 11.8. The van der Waals surface area contributed by atoms with Crippen LogP contribution >= 0.6 is 11.3 Å². The van der Waals surface area contributed by atoms with Crippen LogP contribution in [-0.2, 0) is 9.53 Å². The number of rotatable bonds is 4. The molecule has 0 saturated carbocycles. The fourth-order valence-corrected chi connectivity index (χ4v) is 2.44. The van der Waals surface area contributed by atoms with Crippen LogP contribution in [-0.4, -0.2) is 41.2 Å². The molecule has 2 heterocycles. The zero-order valence-corrected chi connectivity index (χ0v) is 10.4. The first-order valence-electron chi connectivity index (χ1n) is 5.33. The first-order valence-corrected chi connectivity index (χ1v) is 6.21. The summed E-state index contributed by atoms with van der Waals surface area (Å²) < 4.78 is 5.01. The Bertz CT molecular complexity index is 528. The smallest absolute Gasteiger partial charge is 0.324 e. The number of nitrogens with zero attached hydrogens (tertiary/aromatic N) is 1. The van der Waals surface area contributed by atoms with Gasteiger partial charge in [-0.3, -0.25) is 19.7 Å². The van der Waals surface area contributed by atoms with Crippen molar-refractivity contribution >= 4 is 28.2 Å². The number of carboxylic acid groups (broad SMARTS) is 1. The zero-order chi connectivity index (χ0) is 14.0. The van der Waals surface area contributed by atoms with E-state index in [2.05, 4.69) is 5.32 Å². The van der Waals surface area contributed by atoms with Gasteiger partial charge in [-0.25, -0.2) is 0 Å². The van der Waals surface area contributed by atoms with Gasteiger partial charge in [0.05, 0.1) is 29.7 Å². The first kappa shape index (κ1) is 13.4. The zero-order valence-electron chi connectivity index (χ0n) is 9.57. The lowest BCUT2D eigenvalue weighted by atomic mass is 10.0. The van der Waals surface area contributed by atoms with Gasteiger partial charge < -0.3 is 15.2 Å². The van der Waals surface area contributed by atoms with E-state index in [0.29, 0.717) is 0 Å². The van der Waals surface area contributed by atoms with E-state index < -0.39 is 28.8 Å². The highest BCUT2D eigenvalue weighted by molar-refractivity contribution is 7.13. The van der Waals surface area contributed by atoms with Gasteiger partial charge in [-0.15, -0.1) is 0 Å². The molecule has 1 aliphatic heterocycles. The predicted octanol–water partition coefficient (Wildman–Crippen LogP) is 0.486. The van der Waals surface area contributed by atoms with Crippen LogP contribution < -0.4 is 5.32 Å². The standard InChI is InChI=1S/C10H10N2O6S/c13-9(5-1-8(12(16)17)19-4-5)11-7-3-18-2-6(7)10(14)15/h1,4,6-7H,2-3H2,(H,11,13)(H,14,15). The minimum absolute atomic E-state index is 0.0457. The molecule has 0 aromatic carbocycles. The number of carboxylic acids is 1. The normalized spacial score (nSPS) is 22.1. The molecule has 19 heavy (non-hydrogen) atoms. The summed E-state index contributed by atoms with van der Waals surface area (Å²) in [6, 6.07) is 0.537. The number of nitro groups is 1. The van der Waals surface area contributed by atoms with Crippen LogP contribution in [0.2, 0.25) is 0 Å². The maximum absolute atomic E-state index is 11.8. The summed E-state index contributed by atoms with van der Waals surface area (Å²) in [5, 5.41) is 23.2. The fourth-order valence-electron chi connectivity index (χ4n) is 1.73. The molecular weight excluding hydrogens is 276 g/mol. The highest BCUT2D eigenvalue weighted by atomic mass is 32.1. The minimum Gasteiger partial charge on any atom is -0.481 e. The van der Waals surface area contributed by atoms with Gasteiger partial charge in [0.1, 0.15) is 5.92 Å². The van der Waals surface area contributed by atoms with Crippen molar-refractivity contribution in [2.75, 3.05) is 13.2 Å². The van der Waals surface area contributed by atoms with E-state index in [0.717, 1.165) is 17.4 Å². The Morgan fingerprint density at radius 1 is 1.53 bits per heavy atom. The molecule has 0 spiro atoms. The highest BCUT2D eigenvalue weighted by Crippen LogP contribution is 2.23. The summed E-state index contributed by atoms with van der Waals surface area (Å²) in [6.45, 7) is 0.166. The third kappa shape index (κ3) is 2.88. The Hall–Kier alpha value is -2.00. The van der Waals surface area contributed by atoms with E-state index >= 15 is 0 Å². The number of nitrogens with one attached hydrogen (secondary N) is 1. The molecule has 0 bridgehead atoms. The molecule has 1 fully saturated rings. The van der Waals surface area contributed by atoms with Crippen LogP contribution in [0.5, 0.6) is 0 Å². The summed E-state index contributed by atoms with van der Waals surface area (Å²) in [6.07, 6.45) is 0. The van der Waals surface area contributed by atoms with Gasteiger partial charge in [0.25, 0.3) is 5.91 Å². The van der Waals surface area contributed by atoms with E-state index in [1.165, 1.54) is 5.38 Å². The van der Waals surface area contributed by atoms with Crippen molar-refractivity contribution in [1.29, 1.82) is 0 Å². The maximum Gasteiger partial charge on any atom is 0.324 e. The topological polar surface area (TPSA) is 119 Å². The van der Waals surface area contributed by atoms with Crippen LogP contribution in [0.4, 0.5) is 5.00 Å². The van der Waals surface area contributed by atoms with Crippen LogP contribution in [0.3, 0.4) is 0 Å². The molecule has 9 heteroatoms. The molecule has 1 amide bonds. The average Bonchev–Trinajstić information content (AvgIpc) is 2.96. The number of carbonyl (C=O) groups excluding carboxylic acids is 1. The number of amides is 1. The summed E-state index contributed by atoms with van der Waals surface area (Å²) in [5.41, 5.74) is 0.146. The predicted molar refractivity (Wildman–Crippen MR) is 64.2 cm³/mol. The molecule has 2 unspecified atom stereocenters. The second-order valence-electron chi connectivity index (χ2n) is 3.99. The van der Waals surface area contributed by atoms with Gasteiger partial charge in [0, 0.05) is 11.4 Å². The molecule has 1 aromatic heterocycles. The van der Waals surface area contributed by atoms with Gasteiger partial charge in [-0.05, 0) is 0 Å². The largest absolute Gasteiger partial charge is 0.481 e. The van der Waals surface area contributed by atoms with Crippen molar-refractivity contribution in [3.05, 3.63) is 27.1 Å². The van der Waals surface area contributed by atoms with Gasteiger partial charge in [-0.2, -0.15) is 0 Å². The monoisotopic (exact) mass is 286 g/mol. The lowest BCUT2D eigenvalue weighted by molar-refractivity contribution is -0.380. The van der Waals surface area contributed by atoms with Crippen LogP contribution in [0.1, 0.15) is 10.4 Å². The Labute approximate surface area is 111 Å². The third-order valence-corrected chi connectivity index (χ3v) is 3.62. The second kappa shape index (κ2) is 5.33. The van der Waals surface area contributed by atoms with Gasteiger partial charge in [0.2, 0.25) is 0 Å². The van der Waals surface area contributed by atoms with Crippen LogP contribution in [0.15, 0.2) is 11.4 Å². The number of thiophene rings is 1. The molecule has 8 nitrogen and oxygen atoms in total. The van der Waals surface area contributed by atoms with Crippen LogP contribution in [0.25, 0.3) is 0 Å². The summed E-state index contributed by atoms with van der Waals surface area (Å²) in [4.78, 5) is 32.7. The highest BCUT2D eigenvalue weighted by Gasteiger charge is 2.35. The van der Waals surface area contributed by atoms with Crippen molar-refractivity contribution in [2.45, 2.75) is 6.04 Å². The van der Waals surface area contributed by atoms with E-state index in [-0.39, 0.29) is 23.8 Å². The second-order valence-corrected chi connectivity index (χ2v) is 4.88. The van der Waals surface area contributed by atoms with Crippen LogP contribution in [0, 0.1) is 16.0 Å². The minimum atomic E-state index is -1.04. The molecular formula is C10H10N2O6S. The summed E-state index contributed by atoms with van der Waals surface area (Å²) in [5.74, 6) is -2.37. The molecule has 1 aromatic rings. The lowest BCUT2D eigenvalue weighted by Crippen LogP contribution is -2.42. The van der Waals surface area contributed by atoms with E-state index in [9.17, 15) is 19.7 Å². The molecule has 102 valence electrons. The molecule has 2 atom stereocenters. The average molecular weight is 286 g/mol. The van der Waals surface area contributed by atoms with Crippen molar-refractivity contribution in [1.82, 2.24) is 5.32 Å². The van der Waals surface area contributed by atoms with Crippen molar-refractivity contribution in [2.24, 2.45) is 5.92 Å². The van der Waals surface area contributed by atoms with Gasteiger partial charge >= 0.3 is 11.0 Å². The van der Waals surface area contributed by atoms with E-state index in [1.807, 2.05) is 0 Å². The van der Waals surface area contributed by atoms with Crippen molar-refractivity contribution in [3.8, 4) is 0 Å². The van der Waals surface area contributed by atoms with E-state index in [1.54, 1.807) is 0 Å². The number of hydrogen-bond donors (Lipinski definition) is 2. The molecule has 0 radical (unpaired) electrons. The Morgan fingerprint density at radius 2 is 2.26 bits per heavy atom. The molecule has 2 N–H and O–H groups in total. The third-order valence-electron chi connectivity index (χ3n) is 2.74. The first-order chi connectivity index (χ1) is 8.99. The van der Waals surface area contributed by atoms with Gasteiger partial charge in [-0.1, -0.05) is 11.3 Å². The molecule has 1 aliphatic rings. The number of aliphatic carboxylic acids is 1. The fraction of sp³-hybridized carbons (Fsp3) is 0.400. The summed E-state index contributed by atoms with van der Waals surface area (Å²) >= 11 is 0.844. The summed E-state index contributed by atoms with van der Waals surface area (Å²) in [7, 11) is 0. The number of hydrogen-bond acceptors (Lipinski definition) is 6. The van der Waals surface area contributed by atoms with Crippen molar-refractivity contribution in [3.63, 3.8) is 0 Å². The Balaban J connectivity index is 2.04. The quantitative estimate of drug-likeness (QED) is 0.614. The Kier molecular flexibility index (Phi) is 3.76. The number of carbonyl (C=O) groups is 2. The SMILES string of the molecule is O=C(NC1COCC1C(=O)O)c1csc([N+](=O)[O-])c1.